The summed E-state index contributed by atoms with van der Waals surface area (Å²) in [6.07, 6.45) is 0.927. The molecule has 2 nitrogen and oxygen atoms in total. The van der Waals surface area contributed by atoms with Crippen molar-refractivity contribution in [3.63, 3.8) is 0 Å². The van der Waals surface area contributed by atoms with Crippen molar-refractivity contribution in [2.45, 2.75) is 53.5 Å². The van der Waals surface area contributed by atoms with E-state index in [9.17, 15) is 13.6 Å². The third kappa shape index (κ3) is 4.40. The smallest absolute Gasteiger partial charge is 0.227 e. The maximum Gasteiger partial charge on any atom is 0.227 e. The minimum atomic E-state index is -0.890. The number of carbonyl (C=O) groups is 1. The van der Waals surface area contributed by atoms with Crippen LogP contribution in [0.4, 0.5) is 14.5 Å². The fourth-order valence-electron chi connectivity index (χ4n) is 2.04. The molecule has 1 amide bonds. The molecule has 1 aromatic carbocycles. The number of nitrogens with zero attached hydrogens (tertiary/aromatic N) is 1. The third-order valence-electron chi connectivity index (χ3n) is 3.26. The van der Waals surface area contributed by atoms with E-state index in [-0.39, 0.29) is 29.5 Å². The molecule has 0 spiro atoms. The molecule has 0 aliphatic heterocycles. The van der Waals surface area contributed by atoms with Gasteiger partial charge in [0.25, 0.3) is 0 Å². The van der Waals surface area contributed by atoms with Gasteiger partial charge in [-0.25, -0.2) is 8.78 Å². The lowest BCUT2D eigenvalue weighted by atomic mass is 9.91. The molecule has 5 heteroatoms. The standard InChI is InChI=1S/C16H22ClF2NO/c1-6-10(2)20(13(21)9-16(3,4)5)12-8-7-11(18)14(17)15(12)19/h7-8,10H,6,9H2,1-5H3. The highest BCUT2D eigenvalue weighted by atomic mass is 35.5. The molecule has 0 aliphatic carbocycles. The fraction of sp³-hybridized carbons (Fsp3) is 0.562. The van der Waals surface area contributed by atoms with Crippen molar-refractivity contribution in [1.29, 1.82) is 0 Å². The molecule has 118 valence electrons. The van der Waals surface area contributed by atoms with E-state index < -0.39 is 16.7 Å². The van der Waals surface area contributed by atoms with Crippen LogP contribution in [0.2, 0.25) is 5.02 Å². The zero-order valence-corrected chi connectivity index (χ0v) is 13.9. The summed E-state index contributed by atoms with van der Waals surface area (Å²) in [5, 5.41) is -0.579. The van der Waals surface area contributed by atoms with E-state index >= 15 is 0 Å². The second-order valence-corrected chi connectivity index (χ2v) is 6.83. The van der Waals surface area contributed by atoms with E-state index in [0.29, 0.717) is 6.42 Å². The van der Waals surface area contributed by atoms with Gasteiger partial charge in [0.05, 0.1) is 5.69 Å². The molecule has 0 bridgehead atoms. The Morgan fingerprint density at radius 1 is 1.33 bits per heavy atom. The molecule has 1 aromatic rings. The third-order valence-corrected chi connectivity index (χ3v) is 3.60. The Labute approximate surface area is 130 Å². The van der Waals surface area contributed by atoms with Crippen molar-refractivity contribution in [2.75, 3.05) is 4.90 Å². The van der Waals surface area contributed by atoms with E-state index in [1.807, 2.05) is 34.6 Å². The molecule has 0 heterocycles. The van der Waals surface area contributed by atoms with Gasteiger partial charge in [0.15, 0.2) is 5.82 Å². The van der Waals surface area contributed by atoms with Gasteiger partial charge < -0.3 is 4.90 Å². The molecule has 0 aliphatic rings. The number of carbonyl (C=O) groups excluding carboxylic acids is 1. The van der Waals surface area contributed by atoms with Gasteiger partial charge in [-0.3, -0.25) is 4.79 Å². The summed E-state index contributed by atoms with van der Waals surface area (Å²) in [5.41, 5.74) is -0.187. The van der Waals surface area contributed by atoms with Crippen LogP contribution in [0.15, 0.2) is 12.1 Å². The van der Waals surface area contributed by atoms with Crippen molar-refractivity contribution in [3.05, 3.63) is 28.8 Å². The lowest BCUT2D eigenvalue weighted by molar-refractivity contribution is -0.120. The van der Waals surface area contributed by atoms with Crippen molar-refractivity contribution in [3.8, 4) is 0 Å². The Kier molecular flexibility index (Phi) is 5.74. The number of anilines is 1. The van der Waals surface area contributed by atoms with E-state index in [1.165, 1.54) is 11.0 Å². The van der Waals surface area contributed by atoms with Gasteiger partial charge in [-0.2, -0.15) is 0 Å². The van der Waals surface area contributed by atoms with Crippen LogP contribution in [0, 0.1) is 17.0 Å². The lowest BCUT2D eigenvalue weighted by Gasteiger charge is -2.31. The molecule has 0 N–H and O–H groups in total. The summed E-state index contributed by atoms with van der Waals surface area (Å²) in [5.74, 6) is -1.91. The second kappa shape index (κ2) is 6.73. The highest BCUT2D eigenvalue weighted by Gasteiger charge is 2.28. The summed E-state index contributed by atoms with van der Waals surface area (Å²) >= 11 is 5.62. The van der Waals surface area contributed by atoms with Gasteiger partial charge in [-0.1, -0.05) is 39.3 Å². The van der Waals surface area contributed by atoms with E-state index in [2.05, 4.69) is 0 Å². The Bertz CT molecular complexity index is 526. The van der Waals surface area contributed by atoms with Gasteiger partial charge in [-0.15, -0.1) is 0 Å². The zero-order valence-electron chi connectivity index (χ0n) is 13.1. The summed E-state index contributed by atoms with van der Waals surface area (Å²) in [7, 11) is 0. The van der Waals surface area contributed by atoms with Gasteiger partial charge in [0.1, 0.15) is 10.8 Å². The second-order valence-electron chi connectivity index (χ2n) is 6.45. The highest BCUT2D eigenvalue weighted by Crippen LogP contribution is 2.32. The predicted octanol–water partition coefficient (Wildman–Crippen LogP) is 5.19. The Morgan fingerprint density at radius 3 is 2.38 bits per heavy atom. The van der Waals surface area contributed by atoms with Crippen LogP contribution in [0.5, 0.6) is 0 Å². The van der Waals surface area contributed by atoms with Crippen LogP contribution in [0.3, 0.4) is 0 Å². The van der Waals surface area contributed by atoms with Crippen molar-refractivity contribution < 1.29 is 13.6 Å². The summed E-state index contributed by atoms with van der Waals surface area (Å²) in [4.78, 5) is 13.9. The zero-order chi connectivity index (χ0) is 16.4. The number of benzene rings is 1. The SMILES string of the molecule is CCC(C)N(C(=O)CC(C)(C)C)c1ccc(F)c(Cl)c1F. The quantitative estimate of drug-likeness (QED) is 0.700. The number of halogens is 3. The Morgan fingerprint density at radius 2 is 1.90 bits per heavy atom. The van der Waals surface area contributed by atoms with Crippen LogP contribution >= 0.6 is 11.6 Å². The first kappa shape index (κ1) is 17.9. The number of hydrogen-bond acceptors (Lipinski definition) is 1. The number of rotatable bonds is 4. The van der Waals surface area contributed by atoms with E-state index in [4.69, 9.17) is 11.6 Å². The molecule has 1 atom stereocenters. The van der Waals surface area contributed by atoms with Crippen LogP contribution < -0.4 is 4.90 Å². The topological polar surface area (TPSA) is 20.3 Å². The molecule has 0 saturated heterocycles. The minimum Gasteiger partial charge on any atom is -0.307 e. The first-order chi connectivity index (χ1) is 9.58. The first-order valence-electron chi connectivity index (χ1n) is 7.04. The Balaban J connectivity index is 3.27. The molecule has 0 saturated carbocycles. The average molecular weight is 318 g/mol. The molecule has 1 rings (SSSR count). The van der Waals surface area contributed by atoms with Crippen LogP contribution in [-0.4, -0.2) is 11.9 Å². The highest BCUT2D eigenvalue weighted by molar-refractivity contribution is 6.31. The normalized spacial score (nSPS) is 13.1. The molecular formula is C16H22ClF2NO. The molecule has 1 unspecified atom stereocenters. The maximum absolute atomic E-state index is 14.2. The average Bonchev–Trinajstić information content (AvgIpc) is 2.36. The van der Waals surface area contributed by atoms with Crippen LogP contribution in [0.1, 0.15) is 47.5 Å². The van der Waals surface area contributed by atoms with Crippen LogP contribution in [-0.2, 0) is 4.79 Å². The largest absolute Gasteiger partial charge is 0.307 e. The van der Waals surface area contributed by atoms with Crippen LogP contribution in [0.25, 0.3) is 0 Å². The van der Waals surface area contributed by atoms with Gasteiger partial charge >= 0.3 is 0 Å². The van der Waals surface area contributed by atoms with Crippen molar-refractivity contribution >= 4 is 23.2 Å². The molecule has 21 heavy (non-hydrogen) atoms. The molecule has 0 fully saturated rings. The lowest BCUT2D eigenvalue weighted by Crippen LogP contribution is -2.40. The minimum absolute atomic E-state index is 0.0324. The summed E-state index contributed by atoms with van der Waals surface area (Å²) in [6.45, 7) is 9.55. The monoisotopic (exact) mass is 317 g/mol. The fourth-order valence-corrected chi connectivity index (χ4v) is 2.20. The predicted molar refractivity (Wildman–Crippen MR) is 82.7 cm³/mol. The molecular weight excluding hydrogens is 296 g/mol. The number of hydrogen-bond donors (Lipinski definition) is 0. The first-order valence-corrected chi connectivity index (χ1v) is 7.41. The van der Waals surface area contributed by atoms with Crippen molar-refractivity contribution in [2.24, 2.45) is 5.41 Å². The molecule has 0 radical (unpaired) electrons. The number of amides is 1. The van der Waals surface area contributed by atoms with Gasteiger partial charge in [-0.05, 0) is 30.9 Å². The van der Waals surface area contributed by atoms with Gasteiger partial charge in [0, 0.05) is 12.5 Å². The van der Waals surface area contributed by atoms with Crippen molar-refractivity contribution in [1.82, 2.24) is 0 Å². The van der Waals surface area contributed by atoms with E-state index in [0.717, 1.165) is 6.07 Å². The Hall–Kier alpha value is -1.16. The molecule has 0 aromatic heterocycles. The van der Waals surface area contributed by atoms with E-state index in [1.54, 1.807) is 0 Å². The summed E-state index contributed by atoms with van der Waals surface area (Å²) in [6, 6.07) is 2.15. The van der Waals surface area contributed by atoms with Gasteiger partial charge in [0.2, 0.25) is 5.91 Å². The maximum atomic E-state index is 14.2. The summed E-state index contributed by atoms with van der Waals surface area (Å²) < 4.78 is 27.5.